The third-order valence-electron chi connectivity index (χ3n) is 1.17. The predicted molar refractivity (Wildman–Crippen MR) is 92.7 cm³/mol. The van der Waals surface area contributed by atoms with Crippen molar-refractivity contribution in [3.8, 4) is 0 Å². The van der Waals surface area contributed by atoms with E-state index in [4.69, 9.17) is 42.2 Å². The van der Waals surface area contributed by atoms with Crippen molar-refractivity contribution in [2.24, 2.45) is 0 Å². The minimum atomic E-state index is -3.16. The van der Waals surface area contributed by atoms with Crippen LogP contribution in [0.3, 0.4) is 0 Å². The third kappa shape index (κ3) is 60.0. The van der Waals surface area contributed by atoms with Crippen LogP contribution in [0.25, 0.3) is 0 Å². The molecule has 0 spiro atoms. The number of hydrogen-bond donors (Lipinski definition) is 2. The number of rotatable bonds is 6. The first-order valence-corrected chi connectivity index (χ1v) is 5.72. The largest absolute Gasteiger partial charge is 0.480 e. The summed E-state index contributed by atoms with van der Waals surface area (Å²) in [6, 6.07) is 0. The first kappa shape index (κ1) is 10.4. The van der Waals surface area contributed by atoms with Crippen molar-refractivity contribution in [2.45, 2.75) is 12.8 Å². The highest BCUT2D eigenvalue weighted by Crippen LogP contribution is 1.98. The Morgan fingerprint density at radius 2 is 1.76 bits per heavy atom. The predicted octanol–water partition coefficient (Wildman–Crippen LogP) is 0.227. The van der Waals surface area contributed by atoms with Crippen molar-refractivity contribution in [3.05, 3.63) is 0 Å². The van der Waals surface area contributed by atoms with E-state index < -0.39 is 58.0 Å². The fourth-order valence-electron chi connectivity index (χ4n) is 0.562. The maximum absolute atomic E-state index is 10.2. The Hall–Kier alpha value is -1.01. The summed E-state index contributed by atoms with van der Waals surface area (Å²) in [5, 5.41) is 14.5. The van der Waals surface area contributed by atoms with Crippen molar-refractivity contribution < 1.29 is 69.6 Å². The van der Waals surface area contributed by atoms with Crippen LogP contribution in [0, 0.1) is 0 Å². The summed E-state index contributed by atoms with van der Waals surface area (Å²) in [6.07, 6.45) is 2.01. The molecule has 0 radical (unpaired) electrons. The van der Waals surface area contributed by atoms with Gasteiger partial charge in [0, 0.05) is 34.3 Å². The van der Waals surface area contributed by atoms with Crippen LogP contribution in [0.4, 0.5) is 0 Å². The number of carboxylic acids is 2. The second-order valence-electron chi connectivity index (χ2n) is 2.85. The Morgan fingerprint density at radius 3 is 1.92 bits per heavy atom. The zero-order valence-electron chi connectivity index (χ0n) is 28.4. The average molecular weight is 431 g/mol. The van der Waals surface area contributed by atoms with Gasteiger partial charge in [-0.25, -0.2) is 9.59 Å². The molecule has 1 fully saturated rings. The second kappa shape index (κ2) is 30.8. The number of methoxy groups -OCH3 is 3. The number of ether oxygens (including phenoxy) is 4. The number of carbonyl (C=O) groups excluding carboxylic acids is 1. The average Bonchev–Trinajstić information content (AvgIpc) is 3.23. The van der Waals surface area contributed by atoms with Gasteiger partial charge in [-0.2, -0.15) is 0 Å². The van der Waals surface area contributed by atoms with Crippen LogP contribution in [0.15, 0.2) is 0 Å². The molecule has 1 aliphatic heterocycles. The summed E-state index contributed by atoms with van der Waals surface area (Å²) in [7, 11) is -8.60. The molecule has 1 aliphatic rings. The van der Waals surface area contributed by atoms with Gasteiger partial charge < -0.3 is 34.6 Å². The van der Waals surface area contributed by atoms with Gasteiger partial charge in [0.15, 0.2) is 0 Å². The monoisotopic (exact) mass is 430 g/mol. The molecule has 154 valence electrons. The summed E-state index contributed by atoms with van der Waals surface area (Å²) in [5.74, 6) is -3.25. The Bertz CT molecular complexity index is 674. The van der Waals surface area contributed by atoms with Gasteiger partial charge >= 0.3 is 11.9 Å². The Balaban J connectivity index is -0.000000137. The summed E-state index contributed by atoms with van der Waals surface area (Å²) in [4.78, 5) is 29.8. The van der Waals surface area contributed by atoms with Crippen LogP contribution < -0.4 is 0 Å². The van der Waals surface area contributed by atoms with Gasteiger partial charge in [-0.3, -0.25) is 4.79 Å². The Kier molecular flexibility index (Phi) is 12.8. The van der Waals surface area contributed by atoms with E-state index >= 15 is 0 Å². The molecular weight excluding hydrogens is 387 g/mol. The number of carboxylic acid groups (broad SMARTS) is 2. The third-order valence-corrected chi connectivity index (χ3v) is 1.24. The van der Waals surface area contributed by atoms with Crippen molar-refractivity contribution in [1.82, 2.24) is 0 Å². The highest BCUT2D eigenvalue weighted by molar-refractivity contribution is 6.63. The molecule has 0 aromatic heterocycles. The molecule has 0 bridgehead atoms. The highest BCUT2D eigenvalue weighted by atomic mass is 35.5. The fraction of sp³-hybridized carbons (Fsp3) is 0.769. The summed E-state index contributed by atoms with van der Waals surface area (Å²) < 4.78 is 117. The van der Waals surface area contributed by atoms with E-state index in [9.17, 15) is 14.4 Å². The minimum absolute atomic E-state index is 0.204. The maximum atomic E-state index is 10.2. The lowest BCUT2D eigenvalue weighted by atomic mass is 10.4. The van der Waals surface area contributed by atoms with Gasteiger partial charge in [-0.05, 0) is 24.4 Å². The molecule has 25 heavy (non-hydrogen) atoms. The molecule has 0 aromatic rings. The van der Waals surface area contributed by atoms with Gasteiger partial charge in [-0.15, -0.1) is 12.3 Å². The van der Waals surface area contributed by atoms with Gasteiger partial charge in [0.1, 0.15) is 20.9 Å². The number of aliphatic carboxylic acids is 2. The molecule has 0 aliphatic carbocycles. The van der Waals surface area contributed by atoms with E-state index in [0.29, 0.717) is 0 Å². The van der Waals surface area contributed by atoms with E-state index in [-0.39, 0.29) is 6.58 Å². The van der Waals surface area contributed by atoms with E-state index in [2.05, 4.69) is 38.1 Å². The zero-order chi connectivity index (χ0) is 34.5. The van der Waals surface area contributed by atoms with E-state index in [1.807, 2.05) is 0 Å². The van der Waals surface area contributed by atoms with Crippen LogP contribution in [0.1, 0.15) is 33.5 Å². The normalized spacial score (nSPS) is 25.2. The summed E-state index contributed by atoms with van der Waals surface area (Å²) in [6.45, 7) is -6.30. The number of halogens is 2. The van der Waals surface area contributed by atoms with Crippen molar-refractivity contribution in [1.29, 1.82) is 1.17 Å². The van der Waals surface area contributed by atoms with E-state index in [1.165, 1.54) is 0 Å². The molecule has 0 aromatic carbocycles. The molecule has 0 amide bonds. The summed E-state index contributed by atoms with van der Waals surface area (Å²) >= 11 is 8.58. The first-order chi connectivity index (χ1) is 18.1. The van der Waals surface area contributed by atoms with E-state index in [0.717, 1.165) is 19.4 Å². The minimum Gasteiger partial charge on any atom is -0.480 e. The molecule has 1 saturated heterocycles. The van der Waals surface area contributed by atoms with Crippen LogP contribution in [0.2, 0.25) is 0 Å². The summed E-state index contributed by atoms with van der Waals surface area (Å²) in [5.41, 5.74) is 6.25. The van der Waals surface area contributed by atoms with Gasteiger partial charge in [-0.1, -0.05) is 0 Å². The van der Waals surface area contributed by atoms with Crippen molar-refractivity contribution >= 4 is 41.1 Å². The lowest BCUT2D eigenvalue weighted by Crippen LogP contribution is -2.02. The quantitative estimate of drug-likeness (QED) is 0.561. The molecule has 1 unspecified atom stereocenters. The Morgan fingerprint density at radius 1 is 1.20 bits per heavy atom. The highest BCUT2D eigenvalue weighted by Gasteiger charge is 1.94. The lowest BCUT2D eigenvalue weighted by Gasteiger charge is -1.83. The molecule has 4 N–H and O–H groups in total. The van der Waals surface area contributed by atoms with Crippen molar-refractivity contribution in [3.63, 3.8) is 0 Å². The SMILES string of the molecule is [2H]C([2H])([2H])OC([2H])([2H])C(=O)Cl.[2H]C([2H])([2H])OC([2H])([2H])C(=O)O.[2H]C([2H])([2H])OCC(=O)O.[2H]C1CCCO1.[2H]Cl.[2H]O. The first-order valence-electron chi connectivity index (χ1n) is 13.2. The zero-order valence-corrected chi connectivity index (χ0v) is 13.9. The molecule has 10 nitrogen and oxygen atoms in total. The number of carbonyl (C=O) groups is 3. The van der Waals surface area contributed by atoms with Gasteiger partial charge in [0.25, 0.3) is 0 Å². The molecule has 12 heteroatoms. The van der Waals surface area contributed by atoms with Crippen LogP contribution in [-0.4, -0.2) is 88.1 Å². The van der Waals surface area contributed by atoms with Gasteiger partial charge in [0.2, 0.25) is 6.67 Å². The molecule has 1 rings (SSSR count). The molecule has 1 heterocycles. The second-order valence-corrected chi connectivity index (χ2v) is 3.19. The van der Waals surface area contributed by atoms with Crippen LogP contribution in [0.5, 0.6) is 0 Å². The Labute approximate surface area is 180 Å². The van der Waals surface area contributed by atoms with Crippen molar-refractivity contribution in [2.75, 3.05) is 54.0 Å². The molecule has 0 saturated carbocycles. The van der Waals surface area contributed by atoms with Crippen LogP contribution in [-0.2, 0) is 33.3 Å². The number of hydrogen-bond acceptors (Lipinski definition) is 7. The smallest absolute Gasteiger partial charge is 0.329 e. The standard InChI is InChI=1S/C4H8O.C3H5ClO2.2C3H6O3.ClH.H2O/c1-2-4-5-3-1;3*1-6-2-3(4)5;;/h1-4H2;2H2,1H3;2*2H2,1H3,(H,4,5);1H;1H2/i3D;2*1D3,2D2;1D3;;/hD2. The van der Waals surface area contributed by atoms with Gasteiger partial charge in [0.05, 0.1) is 19.2 Å². The topological polar surface area (TPSA) is 160 Å². The fourth-order valence-corrected chi connectivity index (χ4v) is 0.601. The molecular formula is C13H28Cl2O10. The van der Waals surface area contributed by atoms with E-state index in [1.54, 1.807) is 0 Å². The maximum Gasteiger partial charge on any atom is 0.329 e. The van der Waals surface area contributed by atoms with Crippen LogP contribution >= 0.6 is 23.9 Å². The lowest BCUT2D eigenvalue weighted by molar-refractivity contribution is -0.142. The molecule has 1 atom stereocenters.